The van der Waals surface area contributed by atoms with Crippen LogP contribution in [-0.4, -0.2) is 36.1 Å². The number of rotatable bonds is 2. The smallest absolute Gasteiger partial charge is 0.0165 e. The van der Waals surface area contributed by atoms with Crippen LogP contribution in [-0.2, 0) is 0 Å². The Balaban J connectivity index is 2.46. The van der Waals surface area contributed by atoms with Gasteiger partial charge in [0.15, 0.2) is 0 Å². The average molecular weight is 184 g/mol. The fourth-order valence-corrected chi connectivity index (χ4v) is 2.13. The highest BCUT2D eigenvalue weighted by molar-refractivity contribution is 4.90. The SMILES string of the molecule is CC(C)NC1CCN(C)C(C)(C)C1. The van der Waals surface area contributed by atoms with E-state index in [1.807, 2.05) is 0 Å². The van der Waals surface area contributed by atoms with Crippen LogP contribution in [0.5, 0.6) is 0 Å². The maximum atomic E-state index is 3.63. The van der Waals surface area contributed by atoms with Gasteiger partial charge in [-0.2, -0.15) is 0 Å². The number of nitrogens with zero attached hydrogens (tertiary/aromatic N) is 1. The van der Waals surface area contributed by atoms with E-state index in [0.29, 0.717) is 17.6 Å². The lowest BCUT2D eigenvalue weighted by molar-refractivity contribution is 0.0831. The van der Waals surface area contributed by atoms with Gasteiger partial charge in [-0.05, 0) is 40.3 Å². The molecule has 1 aliphatic heterocycles. The second-order valence-electron chi connectivity index (χ2n) is 5.25. The molecule has 1 unspecified atom stereocenters. The van der Waals surface area contributed by atoms with E-state index in [9.17, 15) is 0 Å². The van der Waals surface area contributed by atoms with Crippen LogP contribution in [0, 0.1) is 0 Å². The van der Waals surface area contributed by atoms with Crippen molar-refractivity contribution in [3.8, 4) is 0 Å². The third-order valence-electron chi connectivity index (χ3n) is 3.16. The fourth-order valence-electron chi connectivity index (χ4n) is 2.13. The minimum absolute atomic E-state index is 0.366. The standard InChI is InChI=1S/C11H24N2/c1-9(2)12-10-6-7-13(5)11(3,4)8-10/h9-10,12H,6-8H2,1-5H3. The Morgan fingerprint density at radius 3 is 2.46 bits per heavy atom. The van der Waals surface area contributed by atoms with Gasteiger partial charge >= 0.3 is 0 Å². The van der Waals surface area contributed by atoms with Crippen molar-refractivity contribution in [1.29, 1.82) is 0 Å². The van der Waals surface area contributed by atoms with E-state index in [0.717, 1.165) is 0 Å². The van der Waals surface area contributed by atoms with E-state index in [2.05, 4.69) is 45.0 Å². The largest absolute Gasteiger partial charge is 0.312 e. The van der Waals surface area contributed by atoms with E-state index < -0.39 is 0 Å². The molecular formula is C11H24N2. The number of likely N-dealkylation sites (tertiary alicyclic amines) is 1. The number of nitrogens with one attached hydrogen (secondary N) is 1. The van der Waals surface area contributed by atoms with Gasteiger partial charge in [0, 0.05) is 17.6 Å². The highest BCUT2D eigenvalue weighted by atomic mass is 15.2. The normalized spacial score (nSPS) is 29.5. The lowest BCUT2D eigenvalue weighted by Crippen LogP contribution is -2.53. The highest BCUT2D eigenvalue weighted by Crippen LogP contribution is 2.25. The summed E-state index contributed by atoms with van der Waals surface area (Å²) >= 11 is 0. The Labute approximate surface area is 82.7 Å². The first-order valence-corrected chi connectivity index (χ1v) is 5.39. The molecule has 0 amide bonds. The fraction of sp³-hybridized carbons (Fsp3) is 1.00. The molecule has 1 atom stereocenters. The Hall–Kier alpha value is -0.0800. The van der Waals surface area contributed by atoms with E-state index >= 15 is 0 Å². The second kappa shape index (κ2) is 3.97. The summed E-state index contributed by atoms with van der Waals surface area (Å²) in [4.78, 5) is 2.46. The van der Waals surface area contributed by atoms with Gasteiger partial charge in [-0.3, -0.25) is 0 Å². The Morgan fingerprint density at radius 1 is 1.38 bits per heavy atom. The van der Waals surface area contributed by atoms with Crippen LogP contribution in [0.25, 0.3) is 0 Å². The number of piperidine rings is 1. The zero-order valence-corrected chi connectivity index (χ0v) is 9.72. The third kappa shape index (κ3) is 2.96. The van der Waals surface area contributed by atoms with Crippen LogP contribution in [0.3, 0.4) is 0 Å². The van der Waals surface area contributed by atoms with Crippen molar-refractivity contribution in [1.82, 2.24) is 10.2 Å². The lowest BCUT2D eigenvalue weighted by Gasteiger charge is -2.44. The first-order chi connectivity index (χ1) is 5.92. The minimum Gasteiger partial charge on any atom is -0.312 e. The molecule has 2 heteroatoms. The van der Waals surface area contributed by atoms with Crippen molar-refractivity contribution < 1.29 is 0 Å². The van der Waals surface area contributed by atoms with Crippen LogP contribution >= 0.6 is 0 Å². The summed E-state index contributed by atoms with van der Waals surface area (Å²) < 4.78 is 0. The Kier molecular flexibility index (Phi) is 3.36. The quantitative estimate of drug-likeness (QED) is 0.704. The predicted octanol–water partition coefficient (Wildman–Crippen LogP) is 1.86. The zero-order valence-electron chi connectivity index (χ0n) is 9.72. The molecule has 0 spiro atoms. The van der Waals surface area contributed by atoms with Crippen LogP contribution in [0.1, 0.15) is 40.5 Å². The molecule has 1 saturated heterocycles. The molecule has 13 heavy (non-hydrogen) atoms. The maximum Gasteiger partial charge on any atom is 0.0165 e. The first-order valence-electron chi connectivity index (χ1n) is 5.39. The van der Waals surface area contributed by atoms with Gasteiger partial charge in [0.1, 0.15) is 0 Å². The Bertz CT molecular complexity index is 163. The summed E-state index contributed by atoms with van der Waals surface area (Å²) in [5.41, 5.74) is 0.366. The van der Waals surface area contributed by atoms with E-state index in [1.54, 1.807) is 0 Å². The van der Waals surface area contributed by atoms with Crippen LogP contribution < -0.4 is 5.32 Å². The van der Waals surface area contributed by atoms with Gasteiger partial charge in [-0.1, -0.05) is 13.8 Å². The molecule has 0 saturated carbocycles. The molecule has 2 nitrogen and oxygen atoms in total. The third-order valence-corrected chi connectivity index (χ3v) is 3.16. The monoisotopic (exact) mass is 184 g/mol. The molecule has 0 aliphatic carbocycles. The second-order valence-corrected chi connectivity index (χ2v) is 5.25. The van der Waals surface area contributed by atoms with Crippen LogP contribution in [0.15, 0.2) is 0 Å². The summed E-state index contributed by atoms with van der Waals surface area (Å²) in [5, 5.41) is 3.63. The number of hydrogen-bond donors (Lipinski definition) is 1. The van der Waals surface area contributed by atoms with Gasteiger partial charge in [0.05, 0.1) is 0 Å². The zero-order chi connectivity index (χ0) is 10.1. The van der Waals surface area contributed by atoms with Crippen molar-refractivity contribution in [3.05, 3.63) is 0 Å². The van der Waals surface area contributed by atoms with Crippen LogP contribution in [0.4, 0.5) is 0 Å². The molecule has 0 bridgehead atoms. The summed E-state index contributed by atoms with van der Waals surface area (Å²) in [6.45, 7) is 10.3. The lowest BCUT2D eigenvalue weighted by atomic mass is 9.87. The molecular weight excluding hydrogens is 160 g/mol. The van der Waals surface area contributed by atoms with Gasteiger partial charge in [0.2, 0.25) is 0 Å². The molecule has 1 aliphatic rings. The van der Waals surface area contributed by atoms with Crippen molar-refractivity contribution in [2.45, 2.75) is 58.2 Å². The molecule has 0 aromatic heterocycles. The average Bonchev–Trinajstić information content (AvgIpc) is 1.95. The van der Waals surface area contributed by atoms with Crippen LogP contribution in [0.2, 0.25) is 0 Å². The van der Waals surface area contributed by atoms with Gasteiger partial charge in [0.25, 0.3) is 0 Å². The minimum atomic E-state index is 0.366. The maximum absolute atomic E-state index is 3.63. The summed E-state index contributed by atoms with van der Waals surface area (Å²) in [5.74, 6) is 0. The van der Waals surface area contributed by atoms with Gasteiger partial charge in [-0.25, -0.2) is 0 Å². The number of hydrogen-bond acceptors (Lipinski definition) is 2. The van der Waals surface area contributed by atoms with E-state index in [-0.39, 0.29) is 0 Å². The topological polar surface area (TPSA) is 15.3 Å². The first kappa shape index (κ1) is 11.0. The van der Waals surface area contributed by atoms with Crippen molar-refractivity contribution in [2.24, 2.45) is 0 Å². The molecule has 78 valence electrons. The molecule has 1 fully saturated rings. The van der Waals surface area contributed by atoms with Gasteiger partial charge < -0.3 is 10.2 Å². The van der Waals surface area contributed by atoms with E-state index in [4.69, 9.17) is 0 Å². The highest BCUT2D eigenvalue weighted by Gasteiger charge is 2.32. The molecule has 0 aromatic carbocycles. The van der Waals surface area contributed by atoms with Crippen molar-refractivity contribution >= 4 is 0 Å². The summed E-state index contributed by atoms with van der Waals surface area (Å²) in [6, 6.07) is 1.33. The van der Waals surface area contributed by atoms with Crippen molar-refractivity contribution in [2.75, 3.05) is 13.6 Å². The Morgan fingerprint density at radius 2 is 2.00 bits per heavy atom. The predicted molar refractivity (Wildman–Crippen MR) is 58.0 cm³/mol. The molecule has 1 rings (SSSR count). The van der Waals surface area contributed by atoms with Crippen molar-refractivity contribution in [3.63, 3.8) is 0 Å². The molecule has 0 aromatic rings. The summed E-state index contributed by atoms with van der Waals surface area (Å²) in [7, 11) is 2.23. The molecule has 1 heterocycles. The molecule has 1 N–H and O–H groups in total. The van der Waals surface area contributed by atoms with Gasteiger partial charge in [-0.15, -0.1) is 0 Å². The molecule has 0 radical (unpaired) electrons. The van der Waals surface area contributed by atoms with E-state index in [1.165, 1.54) is 19.4 Å². The summed E-state index contributed by atoms with van der Waals surface area (Å²) in [6.07, 6.45) is 2.56.